The van der Waals surface area contributed by atoms with Gasteiger partial charge in [0.15, 0.2) is 0 Å². The summed E-state index contributed by atoms with van der Waals surface area (Å²) < 4.78 is 5.39. The summed E-state index contributed by atoms with van der Waals surface area (Å²) in [5.41, 5.74) is 5.72. The number of carbonyl (C=O) groups excluding carboxylic acids is 1. The molecule has 0 amide bonds. The number of hydrogen-bond acceptors (Lipinski definition) is 5. The molecule has 0 fully saturated rings. The van der Waals surface area contributed by atoms with Crippen molar-refractivity contribution >= 4 is 17.7 Å². The van der Waals surface area contributed by atoms with Crippen molar-refractivity contribution in [3.8, 4) is 0 Å². The fourth-order valence-electron chi connectivity index (χ4n) is 4.19. The second kappa shape index (κ2) is 10.5. The molecule has 4 nitrogen and oxygen atoms in total. The number of carbonyl (C=O) groups is 1. The minimum absolute atomic E-state index is 0.0684. The van der Waals surface area contributed by atoms with Gasteiger partial charge in [-0.25, -0.2) is 4.79 Å². The zero-order chi connectivity index (χ0) is 24.2. The maximum Gasteiger partial charge on any atom is 0.339 e. The highest BCUT2D eigenvalue weighted by atomic mass is 32.2. The Balaban J connectivity index is 1.84. The van der Waals surface area contributed by atoms with Crippen molar-refractivity contribution < 1.29 is 14.6 Å². The third kappa shape index (κ3) is 5.21. The van der Waals surface area contributed by atoms with Crippen LogP contribution in [0.15, 0.2) is 89.0 Å². The molecule has 0 aromatic heterocycles. The molecule has 3 aromatic carbocycles. The second-order valence-electron chi connectivity index (χ2n) is 8.77. The summed E-state index contributed by atoms with van der Waals surface area (Å²) in [4.78, 5) is 14.1. The lowest BCUT2D eigenvalue weighted by Crippen LogP contribution is -2.43. The molecule has 0 unspecified atom stereocenters. The van der Waals surface area contributed by atoms with Crippen molar-refractivity contribution in [3.05, 3.63) is 112 Å². The summed E-state index contributed by atoms with van der Waals surface area (Å²) in [5.74, 6) is -0.422. The fraction of sp³-hybridized carbons (Fsp3) is 0.276. The van der Waals surface area contributed by atoms with Gasteiger partial charge in [-0.05, 0) is 51.0 Å². The Kier molecular flexibility index (Phi) is 7.44. The largest absolute Gasteiger partial charge is 0.510 e. The quantitative estimate of drug-likeness (QED) is 0.399. The molecule has 0 spiro atoms. The van der Waals surface area contributed by atoms with Crippen LogP contribution >= 0.6 is 11.8 Å². The van der Waals surface area contributed by atoms with Crippen molar-refractivity contribution in [1.82, 2.24) is 5.32 Å². The topological polar surface area (TPSA) is 58.6 Å². The molecule has 1 aliphatic rings. The number of aryl methyl sites for hydroxylation is 3. The van der Waals surface area contributed by atoms with Gasteiger partial charge in [0.05, 0.1) is 29.5 Å². The van der Waals surface area contributed by atoms with Gasteiger partial charge in [-0.15, -0.1) is 11.8 Å². The highest BCUT2D eigenvalue weighted by Gasteiger charge is 2.42. The van der Waals surface area contributed by atoms with E-state index in [4.69, 9.17) is 4.74 Å². The van der Waals surface area contributed by atoms with Gasteiger partial charge in [0.2, 0.25) is 0 Å². The van der Waals surface area contributed by atoms with Crippen LogP contribution in [0, 0.1) is 20.8 Å². The minimum atomic E-state index is -0.491. The van der Waals surface area contributed by atoms with Gasteiger partial charge in [-0.3, -0.25) is 5.32 Å². The number of benzene rings is 3. The Hall–Kier alpha value is -3.02. The van der Waals surface area contributed by atoms with Gasteiger partial charge in [-0.1, -0.05) is 77.4 Å². The summed E-state index contributed by atoms with van der Waals surface area (Å²) >= 11 is 1.55. The summed E-state index contributed by atoms with van der Waals surface area (Å²) in [7, 11) is 0. The molecular weight excluding hydrogens is 442 g/mol. The van der Waals surface area contributed by atoms with Crippen molar-refractivity contribution in [1.29, 1.82) is 0 Å². The Labute approximate surface area is 206 Å². The molecular formula is C29H31NO3S. The Morgan fingerprint density at radius 1 is 0.853 bits per heavy atom. The highest BCUT2D eigenvalue weighted by molar-refractivity contribution is 8.00. The molecule has 3 aromatic rings. The molecule has 5 heteroatoms. The molecule has 0 radical (unpaired) electrons. The zero-order valence-electron chi connectivity index (χ0n) is 20.0. The van der Waals surface area contributed by atoms with E-state index in [-0.39, 0.29) is 24.0 Å². The smallest absolute Gasteiger partial charge is 0.339 e. The van der Waals surface area contributed by atoms with Crippen LogP contribution in [-0.4, -0.2) is 22.9 Å². The van der Waals surface area contributed by atoms with Crippen molar-refractivity contribution in [2.24, 2.45) is 0 Å². The lowest BCUT2D eigenvalue weighted by Gasteiger charge is -2.38. The minimum Gasteiger partial charge on any atom is -0.510 e. The first-order valence-electron chi connectivity index (χ1n) is 11.6. The summed E-state index contributed by atoms with van der Waals surface area (Å²) in [6.45, 7) is 8.16. The first-order chi connectivity index (χ1) is 16.4. The van der Waals surface area contributed by atoms with E-state index in [1.54, 1.807) is 18.7 Å². The zero-order valence-corrected chi connectivity index (χ0v) is 20.9. The van der Waals surface area contributed by atoms with E-state index in [2.05, 4.69) is 60.8 Å². The number of ether oxygens (including phenoxy) is 1. The van der Waals surface area contributed by atoms with Gasteiger partial charge in [0.25, 0.3) is 0 Å². The molecule has 0 bridgehead atoms. The molecule has 0 saturated heterocycles. The number of aliphatic hydroxyl groups excluding tert-OH is 1. The summed E-state index contributed by atoms with van der Waals surface area (Å²) in [6.07, 6.45) is 0. The number of aliphatic hydroxyl groups is 1. The van der Waals surface area contributed by atoms with Crippen LogP contribution in [0.3, 0.4) is 0 Å². The molecule has 2 N–H and O–H groups in total. The maximum absolute atomic E-state index is 13.1. The van der Waals surface area contributed by atoms with E-state index in [1.807, 2.05) is 38.1 Å². The van der Waals surface area contributed by atoms with Crippen LogP contribution in [0.2, 0.25) is 0 Å². The van der Waals surface area contributed by atoms with Crippen molar-refractivity contribution in [2.75, 3.05) is 6.61 Å². The predicted molar refractivity (Wildman–Crippen MR) is 138 cm³/mol. The number of esters is 1. The molecule has 0 aliphatic carbocycles. The summed E-state index contributed by atoms with van der Waals surface area (Å²) in [5, 5.41) is 14.9. The average Bonchev–Trinajstić information content (AvgIpc) is 2.82. The molecule has 0 saturated carbocycles. The molecule has 3 atom stereocenters. The molecule has 1 aliphatic heterocycles. The third-order valence-corrected chi connectivity index (χ3v) is 7.40. The maximum atomic E-state index is 13.1. The van der Waals surface area contributed by atoms with Crippen LogP contribution in [-0.2, 0) is 9.53 Å². The van der Waals surface area contributed by atoms with Gasteiger partial charge in [0.1, 0.15) is 5.76 Å². The normalized spacial score (nSPS) is 20.3. The Morgan fingerprint density at radius 3 is 1.88 bits per heavy atom. The number of nitrogens with one attached hydrogen (secondary N) is 1. The SMILES string of the molecule is CCOC(=O)C1=C(O)[C@H](Sc2ccc(C)cc2)[C@H](c2ccc(C)cc2)N[C@@H]1c1ccc(C)cc1. The van der Waals surface area contributed by atoms with Crippen LogP contribution in [0.1, 0.15) is 46.8 Å². The third-order valence-electron chi connectivity index (χ3n) is 6.11. The van der Waals surface area contributed by atoms with E-state index < -0.39 is 17.3 Å². The molecule has 4 rings (SSSR count). The second-order valence-corrected chi connectivity index (χ2v) is 9.98. The number of rotatable bonds is 6. The Bertz CT molecular complexity index is 1170. The average molecular weight is 474 g/mol. The predicted octanol–water partition coefficient (Wildman–Crippen LogP) is 6.53. The molecule has 34 heavy (non-hydrogen) atoms. The number of hydrogen-bond donors (Lipinski definition) is 2. The lowest BCUT2D eigenvalue weighted by molar-refractivity contribution is -0.139. The summed E-state index contributed by atoms with van der Waals surface area (Å²) in [6, 6.07) is 23.9. The molecule has 176 valence electrons. The fourth-order valence-corrected chi connectivity index (χ4v) is 5.39. The van der Waals surface area contributed by atoms with E-state index in [9.17, 15) is 9.90 Å². The Morgan fingerprint density at radius 2 is 1.35 bits per heavy atom. The highest BCUT2D eigenvalue weighted by Crippen LogP contribution is 2.44. The van der Waals surface area contributed by atoms with Crippen molar-refractivity contribution in [3.63, 3.8) is 0 Å². The van der Waals surface area contributed by atoms with E-state index in [0.717, 1.165) is 21.6 Å². The molecule has 1 heterocycles. The van der Waals surface area contributed by atoms with E-state index in [1.165, 1.54) is 11.1 Å². The van der Waals surface area contributed by atoms with E-state index in [0.29, 0.717) is 0 Å². The van der Waals surface area contributed by atoms with Crippen LogP contribution in [0.5, 0.6) is 0 Å². The van der Waals surface area contributed by atoms with Gasteiger partial charge in [-0.2, -0.15) is 0 Å². The first kappa shape index (κ1) is 24.1. The van der Waals surface area contributed by atoms with Gasteiger partial charge >= 0.3 is 5.97 Å². The van der Waals surface area contributed by atoms with Gasteiger partial charge in [0, 0.05) is 4.90 Å². The number of thioether (sulfide) groups is 1. The van der Waals surface area contributed by atoms with Crippen molar-refractivity contribution in [2.45, 2.75) is 49.9 Å². The monoisotopic (exact) mass is 473 g/mol. The first-order valence-corrected chi connectivity index (χ1v) is 12.5. The van der Waals surface area contributed by atoms with Crippen LogP contribution in [0.4, 0.5) is 0 Å². The van der Waals surface area contributed by atoms with Crippen LogP contribution in [0.25, 0.3) is 0 Å². The standard InChI is InChI=1S/C29H31NO3S/c1-5-33-29(32)24-25(21-12-6-18(2)7-13-21)30-26(22-14-8-19(3)9-15-22)28(27(24)31)34-23-16-10-20(4)11-17-23/h6-17,25-26,28,30-31H,5H2,1-4H3/t25-,26+,28-/m1/s1. The van der Waals surface area contributed by atoms with Crippen LogP contribution < -0.4 is 5.32 Å². The van der Waals surface area contributed by atoms with Gasteiger partial charge < -0.3 is 9.84 Å². The lowest BCUT2D eigenvalue weighted by atomic mass is 9.87. The van der Waals surface area contributed by atoms with E-state index >= 15 is 0 Å².